The molecule has 19 heavy (non-hydrogen) atoms. The Balaban J connectivity index is 1.93. The fourth-order valence-electron chi connectivity index (χ4n) is 2.77. The largest absolute Gasteiger partial charge is 0.481 e. The van der Waals surface area contributed by atoms with Crippen LogP contribution in [0, 0.1) is 5.92 Å². The van der Waals surface area contributed by atoms with Crippen LogP contribution in [0.25, 0.3) is 0 Å². The highest BCUT2D eigenvalue weighted by Gasteiger charge is 2.19. The molecule has 2 unspecified atom stereocenters. The van der Waals surface area contributed by atoms with Gasteiger partial charge in [-0.25, -0.2) is 0 Å². The van der Waals surface area contributed by atoms with Crippen molar-refractivity contribution in [2.45, 2.75) is 50.0 Å². The fraction of sp³-hybridized carbons (Fsp3) is 0.562. The van der Waals surface area contributed by atoms with Crippen molar-refractivity contribution in [3.8, 4) is 0 Å². The SMILES string of the molecule is CC1CCCC(SCc2ccccc2CC(=O)O)C1. The molecule has 2 atom stereocenters. The maximum absolute atomic E-state index is 10.9. The second kappa shape index (κ2) is 6.99. The summed E-state index contributed by atoms with van der Waals surface area (Å²) < 4.78 is 0. The van der Waals surface area contributed by atoms with Gasteiger partial charge in [-0.3, -0.25) is 4.79 Å². The summed E-state index contributed by atoms with van der Waals surface area (Å²) in [6.07, 6.45) is 5.47. The zero-order chi connectivity index (χ0) is 13.7. The number of aliphatic carboxylic acids is 1. The smallest absolute Gasteiger partial charge is 0.307 e. The Hall–Kier alpha value is -0.960. The second-order valence-electron chi connectivity index (χ2n) is 5.54. The van der Waals surface area contributed by atoms with E-state index in [1.165, 1.54) is 31.2 Å². The van der Waals surface area contributed by atoms with Gasteiger partial charge in [0.15, 0.2) is 0 Å². The monoisotopic (exact) mass is 278 g/mol. The summed E-state index contributed by atoms with van der Waals surface area (Å²) in [5, 5.41) is 9.69. The molecule has 0 saturated heterocycles. The third-order valence-electron chi connectivity index (χ3n) is 3.82. The minimum atomic E-state index is -0.747. The Bertz CT molecular complexity index is 431. The van der Waals surface area contributed by atoms with Gasteiger partial charge in [0.05, 0.1) is 6.42 Å². The Morgan fingerprint density at radius 3 is 2.74 bits per heavy atom. The number of hydrogen-bond donors (Lipinski definition) is 1. The van der Waals surface area contributed by atoms with Crippen molar-refractivity contribution in [3.05, 3.63) is 35.4 Å². The minimum Gasteiger partial charge on any atom is -0.481 e. The molecule has 104 valence electrons. The Kier molecular flexibility index (Phi) is 5.32. The number of carboxylic acids is 1. The molecule has 1 aliphatic rings. The molecule has 0 heterocycles. The average Bonchev–Trinajstić information content (AvgIpc) is 2.37. The van der Waals surface area contributed by atoms with Gasteiger partial charge >= 0.3 is 5.97 Å². The zero-order valence-electron chi connectivity index (χ0n) is 11.5. The van der Waals surface area contributed by atoms with Crippen LogP contribution in [0.2, 0.25) is 0 Å². The molecule has 2 rings (SSSR count). The van der Waals surface area contributed by atoms with E-state index in [1.807, 2.05) is 30.0 Å². The molecule has 0 radical (unpaired) electrons. The van der Waals surface area contributed by atoms with E-state index in [0.29, 0.717) is 0 Å². The molecule has 0 aromatic heterocycles. The van der Waals surface area contributed by atoms with Crippen molar-refractivity contribution in [1.82, 2.24) is 0 Å². The molecule has 1 N–H and O–H groups in total. The van der Waals surface area contributed by atoms with E-state index in [2.05, 4.69) is 13.0 Å². The maximum atomic E-state index is 10.9. The molecular formula is C16H22O2S. The van der Waals surface area contributed by atoms with Crippen molar-refractivity contribution < 1.29 is 9.90 Å². The standard InChI is InChI=1S/C16H22O2S/c1-12-5-4-8-15(9-12)19-11-14-7-3-2-6-13(14)10-16(17)18/h2-3,6-7,12,15H,4-5,8-11H2,1H3,(H,17,18). The third-order valence-corrected chi connectivity index (χ3v) is 5.20. The van der Waals surface area contributed by atoms with Gasteiger partial charge < -0.3 is 5.11 Å². The van der Waals surface area contributed by atoms with Gasteiger partial charge in [0.1, 0.15) is 0 Å². The summed E-state index contributed by atoms with van der Waals surface area (Å²) in [5.74, 6) is 1.05. The lowest BCUT2D eigenvalue weighted by molar-refractivity contribution is -0.136. The highest BCUT2D eigenvalue weighted by Crippen LogP contribution is 2.34. The van der Waals surface area contributed by atoms with Gasteiger partial charge in [-0.15, -0.1) is 0 Å². The van der Waals surface area contributed by atoms with Crippen LogP contribution in [-0.4, -0.2) is 16.3 Å². The van der Waals surface area contributed by atoms with Gasteiger partial charge in [-0.1, -0.05) is 44.0 Å². The summed E-state index contributed by atoms with van der Waals surface area (Å²) >= 11 is 2.00. The van der Waals surface area contributed by atoms with E-state index in [4.69, 9.17) is 5.11 Å². The Morgan fingerprint density at radius 1 is 1.32 bits per heavy atom. The van der Waals surface area contributed by atoms with Gasteiger partial charge in [0.2, 0.25) is 0 Å². The summed E-state index contributed by atoms with van der Waals surface area (Å²) in [5.41, 5.74) is 2.15. The van der Waals surface area contributed by atoms with E-state index in [9.17, 15) is 4.79 Å². The molecule has 0 aliphatic heterocycles. The molecule has 0 amide bonds. The first-order chi connectivity index (χ1) is 9.15. The van der Waals surface area contributed by atoms with Gasteiger partial charge in [0, 0.05) is 11.0 Å². The van der Waals surface area contributed by atoms with Crippen LogP contribution in [0.3, 0.4) is 0 Å². The van der Waals surface area contributed by atoms with Crippen LogP contribution >= 0.6 is 11.8 Å². The molecule has 1 aliphatic carbocycles. The topological polar surface area (TPSA) is 37.3 Å². The molecule has 3 heteroatoms. The van der Waals surface area contributed by atoms with Crippen molar-refractivity contribution in [2.75, 3.05) is 0 Å². The highest BCUT2D eigenvalue weighted by atomic mass is 32.2. The number of benzene rings is 1. The fourth-order valence-corrected chi connectivity index (χ4v) is 4.27. The lowest BCUT2D eigenvalue weighted by Crippen LogP contribution is -2.15. The molecule has 0 spiro atoms. The second-order valence-corrected chi connectivity index (χ2v) is 6.83. The first kappa shape index (κ1) is 14.4. The van der Waals surface area contributed by atoms with Crippen LogP contribution < -0.4 is 0 Å². The number of carboxylic acid groups (broad SMARTS) is 1. The number of thioether (sulfide) groups is 1. The van der Waals surface area contributed by atoms with Gasteiger partial charge in [0.25, 0.3) is 0 Å². The molecule has 0 bridgehead atoms. The van der Waals surface area contributed by atoms with Crippen LogP contribution in [0.1, 0.15) is 43.7 Å². The molecule has 1 fully saturated rings. The maximum Gasteiger partial charge on any atom is 0.307 e. The number of carbonyl (C=O) groups is 1. The van der Waals surface area contributed by atoms with Crippen molar-refractivity contribution in [2.24, 2.45) is 5.92 Å². The van der Waals surface area contributed by atoms with Crippen LogP contribution in [0.4, 0.5) is 0 Å². The van der Waals surface area contributed by atoms with E-state index in [1.54, 1.807) is 0 Å². The van der Waals surface area contributed by atoms with Crippen LogP contribution in [0.5, 0.6) is 0 Å². The van der Waals surface area contributed by atoms with Crippen molar-refractivity contribution >= 4 is 17.7 Å². The zero-order valence-corrected chi connectivity index (χ0v) is 12.3. The molecule has 1 aromatic carbocycles. The summed E-state index contributed by atoms with van der Waals surface area (Å²) in [4.78, 5) is 10.9. The lowest BCUT2D eigenvalue weighted by Gasteiger charge is -2.26. The third kappa shape index (κ3) is 4.57. The van der Waals surface area contributed by atoms with E-state index < -0.39 is 5.97 Å². The van der Waals surface area contributed by atoms with E-state index >= 15 is 0 Å². The molecule has 2 nitrogen and oxygen atoms in total. The van der Waals surface area contributed by atoms with E-state index in [-0.39, 0.29) is 6.42 Å². The molecule has 1 saturated carbocycles. The normalized spacial score (nSPS) is 23.2. The number of rotatable bonds is 5. The molecule has 1 aromatic rings. The predicted molar refractivity (Wildman–Crippen MR) is 80.5 cm³/mol. The Labute approximate surface area is 119 Å². The lowest BCUT2D eigenvalue weighted by atomic mass is 9.91. The highest BCUT2D eigenvalue weighted by molar-refractivity contribution is 7.99. The van der Waals surface area contributed by atoms with Crippen LogP contribution in [0.15, 0.2) is 24.3 Å². The van der Waals surface area contributed by atoms with Crippen molar-refractivity contribution in [3.63, 3.8) is 0 Å². The number of hydrogen-bond acceptors (Lipinski definition) is 2. The minimum absolute atomic E-state index is 0.137. The quantitative estimate of drug-likeness (QED) is 0.880. The van der Waals surface area contributed by atoms with Gasteiger partial charge in [-0.2, -0.15) is 11.8 Å². The summed E-state index contributed by atoms with van der Waals surface area (Å²) in [7, 11) is 0. The first-order valence-corrected chi connectivity index (χ1v) is 8.10. The summed E-state index contributed by atoms with van der Waals surface area (Å²) in [6, 6.07) is 7.94. The van der Waals surface area contributed by atoms with Crippen molar-refractivity contribution in [1.29, 1.82) is 0 Å². The van der Waals surface area contributed by atoms with Crippen LogP contribution in [-0.2, 0) is 17.0 Å². The average molecular weight is 278 g/mol. The van der Waals surface area contributed by atoms with E-state index in [0.717, 1.165) is 22.5 Å². The molecular weight excluding hydrogens is 256 g/mol. The predicted octanol–water partition coefficient (Wildman–Crippen LogP) is 4.13. The Morgan fingerprint density at radius 2 is 2.05 bits per heavy atom. The first-order valence-electron chi connectivity index (χ1n) is 7.05. The van der Waals surface area contributed by atoms with Gasteiger partial charge in [-0.05, 0) is 29.9 Å². The summed E-state index contributed by atoms with van der Waals surface area (Å²) in [6.45, 7) is 2.34.